The number of alkyl halides is 1. The van der Waals surface area contributed by atoms with Gasteiger partial charge in [-0.1, -0.05) is 15.9 Å². The zero-order chi connectivity index (χ0) is 11.6. The van der Waals surface area contributed by atoms with Crippen LogP contribution in [0.1, 0.15) is 25.7 Å². The molecule has 6 heteroatoms. The number of ether oxygens (including phenoxy) is 1. The highest BCUT2D eigenvalue weighted by Gasteiger charge is 2.38. The Kier molecular flexibility index (Phi) is 4.26. The van der Waals surface area contributed by atoms with Crippen molar-refractivity contribution < 1.29 is 13.2 Å². The molecule has 1 aliphatic heterocycles. The maximum atomic E-state index is 12.2. The van der Waals surface area contributed by atoms with E-state index in [2.05, 4.69) is 15.9 Å². The summed E-state index contributed by atoms with van der Waals surface area (Å²) in [6.45, 7) is 1.29. The summed E-state index contributed by atoms with van der Waals surface area (Å²) in [4.78, 5) is 0. The lowest BCUT2D eigenvalue weighted by Gasteiger charge is -2.22. The number of hydrogen-bond donors (Lipinski definition) is 0. The molecular formula is C10H18BrNO3S. The van der Waals surface area contributed by atoms with Crippen LogP contribution < -0.4 is 0 Å². The van der Waals surface area contributed by atoms with E-state index in [1.165, 1.54) is 0 Å². The molecule has 2 aliphatic rings. The average molecular weight is 312 g/mol. The van der Waals surface area contributed by atoms with Crippen molar-refractivity contribution in [2.75, 3.05) is 24.2 Å². The molecule has 2 fully saturated rings. The van der Waals surface area contributed by atoms with Crippen LogP contribution in [0.4, 0.5) is 0 Å². The van der Waals surface area contributed by atoms with E-state index < -0.39 is 10.0 Å². The van der Waals surface area contributed by atoms with E-state index >= 15 is 0 Å². The summed E-state index contributed by atoms with van der Waals surface area (Å²) in [5.41, 5.74) is 0. The van der Waals surface area contributed by atoms with Gasteiger partial charge in [-0.15, -0.1) is 0 Å². The summed E-state index contributed by atoms with van der Waals surface area (Å²) in [5.74, 6) is 0.163. The minimum Gasteiger partial charge on any atom is -0.377 e. The van der Waals surface area contributed by atoms with Crippen molar-refractivity contribution in [3.8, 4) is 0 Å². The lowest BCUT2D eigenvalue weighted by molar-refractivity contribution is 0.126. The maximum absolute atomic E-state index is 12.2. The highest BCUT2D eigenvalue weighted by atomic mass is 79.9. The summed E-state index contributed by atoms with van der Waals surface area (Å²) in [6, 6.07) is 0.254. The number of sulfonamides is 1. The second-order valence-corrected chi connectivity index (χ2v) is 7.20. The van der Waals surface area contributed by atoms with Crippen molar-refractivity contribution in [3.05, 3.63) is 0 Å². The molecule has 0 aromatic heterocycles. The van der Waals surface area contributed by atoms with E-state index in [4.69, 9.17) is 4.74 Å². The number of nitrogens with zero attached hydrogens (tertiary/aromatic N) is 1. The molecule has 0 bridgehead atoms. The van der Waals surface area contributed by atoms with Crippen LogP contribution in [0.15, 0.2) is 0 Å². The molecule has 1 atom stereocenters. The summed E-state index contributed by atoms with van der Waals surface area (Å²) >= 11 is 3.31. The summed E-state index contributed by atoms with van der Waals surface area (Å²) in [5, 5.41) is 0.703. The lowest BCUT2D eigenvalue weighted by Crippen LogP contribution is -2.39. The predicted molar refractivity (Wildman–Crippen MR) is 66.3 cm³/mol. The Morgan fingerprint density at radius 1 is 1.31 bits per heavy atom. The van der Waals surface area contributed by atoms with Crippen molar-refractivity contribution >= 4 is 26.0 Å². The minimum atomic E-state index is -3.13. The molecule has 1 heterocycles. The standard InChI is InChI=1S/C10H18BrNO3S/c11-5-6-12(9-3-4-9)16(13,14)8-10-2-1-7-15-10/h9-10H,1-8H2. The fourth-order valence-electron chi connectivity index (χ4n) is 2.10. The first-order chi connectivity index (χ1) is 7.63. The first-order valence-electron chi connectivity index (χ1n) is 5.80. The van der Waals surface area contributed by atoms with Crippen molar-refractivity contribution in [2.24, 2.45) is 0 Å². The maximum Gasteiger partial charge on any atom is 0.216 e. The van der Waals surface area contributed by atoms with E-state index in [0.717, 1.165) is 25.7 Å². The molecule has 1 unspecified atom stereocenters. The minimum absolute atomic E-state index is 0.0819. The summed E-state index contributed by atoms with van der Waals surface area (Å²) in [7, 11) is -3.13. The van der Waals surface area contributed by atoms with Gasteiger partial charge in [-0.2, -0.15) is 4.31 Å². The second kappa shape index (κ2) is 5.33. The van der Waals surface area contributed by atoms with Crippen LogP contribution in [0.5, 0.6) is 0 Å². The molecule has 1 saturated heterocycles. The molecule has 4 nitrogen and oxygen atoms in total. The van der Waals surface area contributed by atoms with E-state index in [1.54, 1.807) is 4.31 Å². The fourth-order valence-corrected chi connectivity index (χ4v) is 4.68. The van der Waals surface area contributed by atoms with Crippen LogP contribution in [0, 0.1) is 0 Å². The topological polar surface area (TPSA) is 46.6 Å². The first kappa shape index (κ1) is 12.8. The molecule has 2 rings (SSSR count). The van der Waals surface area contributed by atoms with E-state index in [0.29, 0.717) is 18.5 Å². The van der Waals surface area contributed by atoms with Gasteiger partial charge >= 0.3 is 0 Å². The van der Waals surface area contributed by atoms with Crippen LogP contribution >= 0.6 is 15.9 Å². The smallest absolute Gasteiger partial charge is 0.216 e. The van der Waals surface area contributed by atoms with Gasteiger partial charge in [0.1, 0.15) is 0 Å². The fraction of sp³-hybridized carbons (Fsp3) is 1.00. The molecule has 0 aromatic rings. The third-order valence-corrected chi connectivity index (χ3v) is 5.38. The van der Waals surface area contributed by atoms with Crippen LogP contribution in [-0.2, 0) is 14.8 Å². The van der Waals surface area contributed by atoms with E-state index in [-0.39, 0.29) is 17.9 Å². The summed E-state index contributed by atoms with van der Waals surface area (Å²) in [6.07, 6.45) is 3.81. The Balaban J connectivity index is 1.97. The predicted octanol–water partition coefficient (Wildman–Crippen LogP) is 1.35. The van der Waals surface area contributed by atoms with Crippen LogP contribution in [0.3, 0.4) is 0 Å². The largest absolute Gasteiger partial charge is 0.377 e. The monoisotopic (exact) mass is 311 g/mol. The van der Waals surface area contributed by atoms with Crippen molar-refractivity contribution in [2.45, 2.75) is 37.8 Å². The van der Waals surface area contributed by atoms with E-state index in [1.807, 2.05) is 0 Å². The van der Waals surface area contributed by atoms with Crippen LogP contribution in [0.2, 0.25) is 0 Å². The third kappa shape index (κ3) is 3.18. The van der Waals surface area contributed by atoms with Gasteiger partial charge in [-0.3, -0.25) is 0 Å². The van der Waals surface area contributed by atoms with Crippen molar-refractivity contribution in [3.63, 3.8) is 0 Å². The van der Waals surface area contributed by atoms with Crippen LogP contribution in [0.25, 0.3) is 0 Å². The van der Waals surface area contributed by atoms with Gasteiger partial charge in [-0.05, 0) is 25.7 Å². The van der Waals surface area contributed by atoms with Gasteiger partial charge < -0.3 is 4.74 Å². The Bertz CT molecular complexity index is 323. The number of halogens is 1. The van der Waals surface area contributed by atoms with E-state index in [9.17, 15) is 8.42 Å². The molecule has 0 radical (unpaired) electrons. The van der Waals surface area contributed by atoms with Crippen molar-refractivity contribution in [1.29, 1.82) is 0 Å². The zero-order valence-corrected chi connectivity index (χ0v) is 11.7. The normalized spacial score (nSPS) is 26.5. The highest BCUT2D eigenvalue weighted by molar-refractivity contribution is 9.09. The Morgan fingerprint density at radius 2 is 2.06 bits per heavy atom. The van der Waals surface area contributed by atoms with Gasteiger partial charge in [0, 0.05) is 24.5 Å². The van der Waals surface area contributed by atoms with Gasteiger partial charge in [0.25, 0.3) is 0 Å². The van der Waals surface area contributed by atoms with Gasteiger partial charge in [0.15, 0.2) is 0 Å². The zero-order valence-electron chi connectivity index (χ0n) is 9.27. The SMILES string of the molecule is O=S(=O)(CC1CCCO1)N(CCBr)C1CC1. The summed E-state index contributed by atoms with van der Waals surface area (Å²) < 4.78 is 31.4. The molecule has 0 amide bonds. The molecule has 16 heavy (non-hydrogen) atoms. The molecule has 0 aromatic carbocycles. The van der Waals surface area contributed by atoms with Crippen LogP contribution in [-0.4, -0.2) is 49.1 Å². The van der Waals surface area contributed by atoms with Gasteiger partial charge in [0.2, 0.25) is 10.0 Å². The number of rotatable bonds is 6. The highest BCUT2D eigenvalue weighted by Crippen LogP contribution is 2.30. The number of hydrogen-bond acceptors (Lipinski definition) is 3. The third-order valence-electron chi connectivity index (χ3n) is 3.04. The molecular weight excluding hydrogens is 294 g/mol. The molecule has 1 saturated carbocycles. The quantitative estimate of drug-likeness (QED) is 0.696. The van der Waals surface area contributed by atoms with Gasteiger partial charge in [0.05, 0.1) is 11.9 Å². The lowest BCUT2D eigenvalue weighted by atomic mass is 10.3. The Labute approximate surface area is 106 Å². The molecule has 0 spiro atoms. The first-order valence-corrected chi connectivity index (χ1v) is 8.53. The van der Waals surface area contributed by atoms with Gasteiger partial charge in [-0.25, -0.2) is 8.42 Å². The Hall–Kier alpha value is 0.350. The Morgan fingerprint density at radius 3 is 2.56 bits per heavy atom. The molecule has 94 valence electrons. The van der Waals surface area contributed by atoms with Crippen molar-refractivity contribution in [1.82, 2.24) is 4.31 Å². The molecule has 1 aliphatic carbocycles. The second-order valence-electron chi connectivity index (χ2n) is 4.44. The average Bonchev–Trinajstić information content (AvgIpc) is 2.93. The molecule has 0 N–H and O–H groups in total.